The average Bonchev–Trinajstić information content (AvgIpc) is 2.04. The third kappa shape index (κ3) is 1.29. The Morgan fingerprint density at radius 3 is 3.08 bits per heavy atom. The molecule has 0 bridgehead atoms. The summed E-state index contributed by atoms with van der Waals surface area (Å²) >= 11 is 2.15. The highest BCUT2D eigenvalue weighted by Gasteiger charge is 1.99. The molecule has 3 heteroatoms. The lowest BCUT2D eigenvalue weighted by molar-refractivity contribution is 0.624. The molecule has 0 atom stereocenters. The fourth-order valence-electron chi connectivity index (χ4n) is 1.04. The Morgan fingerprint density at radius 2 is 2.25 bits per heavy atom. The highest BCUT2D eigenvalue weighted by Crippen LogP contribution is 2.17. The van der Waals surface area contributed by atoms with Gasteiger partial charge in [-0.15, -0.1) is 0 Å². The number of hydrogen-bond donors (Lipinski definition) is 0. The molecule has 1 aromatic heterocycles. The van der Waals surface area contributed by atoms with E-state index in [0.29, 0.717) is 0 Å². The maximum absolute atomic E-state index is 12.7. The van der Waals surface area contributed by atoms with E-state index in [1.807, 2.05) is 6.07 Å². The van der Waals surface area contributed by atoms with Crippen LogP contribution in [-0.2, 0) is 0 Å². The van der Waals surface area contributed by atoms with Gasteiger partial charge in [-0.1, -0.05) is 0 Å². The zero-order chi connectivity index (χ0) is 8.55. The van der Waals surface area contributed by atoms with Gasteiger partial charge in [0, 0.05) is 8.96 Å². The minimum absolute atomic E-state index is 0.307. The first-order chi connectivity index (χ1) is 5.77. The van der Waals surface area contributed by atoms with Gasteiger partial charge < -0.3 is 0 Å². The number of aromatic nitrogens is 1. The summed E-state index contributed by atoms with van der Waals surface area (Å²) in [6.45, 7) is 0. The van der Waals surface area contributed by atoms with Crippen LogP contribution < -0.4 is 0 Å². The summed E-state index contributed by atoms with van der Waals surface area (Å²) in [6.07, 6.45) is 1.23. The largest absolute Gasteiger partial charge is 0.252 e. The van der Waals surface area contributed by atoms with Crippen LogP contribution in [0.2, 0.25) is 0 Å². The normalized spacial score (nSPS) is 10.5. The topological polar surface area (TPSA) is 12.9 Å². The third-order valence-electron chi connectivity index (χ3n) is 1.56. The van der Waals surface area contributed by atoms with Crippen molar-refractivity contribution in [3.8, 4) is 0 Å². The Bertz CT molecular complexity index is 428. The zero-order valence-electron chi connectivity index (χ0n) is 6.01. The maximum Gasteiger partial charge on any atom is 0.142 e. The van der Waals surface area contributed by atoms with Gasteiger partial charge in [-0.25, -0.2) is 4.39 Å². The molecule has 0 aliphatic carbocycles. The second kappa shape index (κ2) is 2.97. The van der Waals surface area contributed by atoms with E-state index in [1.54, 1.807) is 6.07 Å². The molecular formula is C9H4FIN. The molecule has 1 heterocycles. The summed E-state index contributed by atoms with van der Waals surface area (Å²) < 4.78 is 13.7. The second-order valence-corrected chi connectivity index (χ2v) is 3.56. The van der Waals surface area contributed by atoms with Crippen molar-refractivity contribution < 1.29 is 4.39 Å². The molecule has 0 saturated carbocycles. The number of rotatable bonds is 0. The van der Waals surface area contributed by atoms with Crippen molar-refractivity contribution in [3.05, 3.63) is 39.8 Å². The second-order valence-electron chi connectivity index (χ2n) is 2.39. The average molecular weight is 272 g/mol. The Hall–Kier alpha value is -0.710. The fourth-order valence-corrected chi connectivity index (χ4v) is 1.67. The van der Waals surface area contributed by atoms with Gasteiger partial charge in [-0.05, 0) is 46.9 Å². The van der Waals surface area contributed by atoms with E-state index in [-0.39, 0.29) is 5.82 Å². The Morgan fingerprint density at radius 1 is 1.42 bits per heavy atom. The molecule has 0 aliphatic rings. The van der Waals surface area contributed by atoms with E-state index < -0.39 is 0 Å². The molecule has 0 aliphatic heterocycles. The smallest absolute Gasteiger partial charge is 0.142 e. The molecule has 0 fully saturated rings. The highest BCUT2D eigenvalue weighted by molar-refractivity contribution is 14.1. The fraction of sp³-hybridized carbons (Fsp3) is 0. The van der Waals surface area contributed by atoms with Gasteiger partial charge in [-0.3, -0.25) is 4.98 Å². The van der Waals surface area contributed by atoms with E-state index in [0.717, 1.165) is 14.5 Å². The number of fused-ring (bicyclic) bond motifs is 1. The third-order valence-corrected chi connectivity index (χ3v) is 2.38. The summed E-state index contributed by atoms with van der Waals surface area (Å²) in [4.78, 5) is 3.98. The monoisotopic (exact) mass is 272 g/mol. The molecule has 1 radical (unpaired) electrons. The van der Waals surface area contributed by atoms with Gasteiger partial charge in [0.1, 0.15) is 5.82 Å². The Labute approximate surface area is 82.8 Å². The van der Waals surface area contributed by atoms with Crippen molar-refractivity contribution in [3.63, 3.8) is 0 Å². The number of halogens is 2. The minimum Gasteiger partial charge on any atom is -0.252 e. The van der Waals surface area contributed by atoms with Crippen LogP contribution in [0, 0.1) is 15.5 Å². The van der Waals surface area contributed by atoms with E-state index in [9.17, 15) is 4.39 Å². The first-order valence-electron chi connectivity index (χ1n) is 3.38. The van der Waals surface area contributed by atoms with Crippen molar-refractivity contribution in [2.45, 2.75) is 0 Å². The molecular weight excluding hydrogens is 268 g/mol. The lowest BCUT2D eigenvalue weighted by Gasteiger charge is -1.97. The lowest BCUT2D eigenvalue weighted by atomic mass is 10.2. The summed E-state index contributed by atoms with van der Waals surface area (Å²) in [5, 5.41) is 0.793. The molecule has 2 rings (SSSR count). The van der Waals surface area contributed by atoms with Gasteiger partial charge in [0.25, 0.3) is 0 Å². The lowest BCUT2D eigenvalue weighted by Crippen LogP contribution is -1.84. The standard InChI is InChI=1S/C9H4FIN/c10-7-4-6-2-1-3-8(11)9(6)12-5-7/h2-5H. The first-order valence-corrected chi connectivity index (χ1v) is 4.46. The molecule has 1 aromatic carbocycles. The maximum atomic E-state index is 12.7. The quantitative estimate of drug-likeness (QED) is 0.672. The van der Waals surface area contributed by atoms with E-state index >= 15 is 0 Å². The molecule has 1 nitrogen and oxygen atoms in total. The molecule has 59 valence electrons. The van der Waals surface area contributed by atoms with Gasteiger partial charge >= 0.3 is 0 Å². The summed E-state index contributed by atoms with van der Waals surface area (Å²) in [5.74, 6) is -0.307. The molecule has 12 heavy (non-hydrogen) atoms. The molecule has 0 unspecified atom stereocenters. The van der Waals surface area contributed by atoms with Crippen LogP contribution in [-0.4, -0.2) is 4.98 Å². The predicted octanol–water partition coefficient (Wildman–Crippen LogP) is 2.78. The number of nitrogens with zero attached hydrogens (tertiary/aromatic N) is 1. The van der Waals surface area contributed by atoms with Gasteiger partial charge in [0.2, 0.25) is 0 Å². The molecule has 2 aromatic rings. The zero-order valence-corrected chi connectivity index (χ0v) is 8.17. The SMILES string of the molecule is Fc1cnc2c(I)c[c]cc2c1. The highest BCUT2D eigenvalue weighted by atomic mass is 127. The molecule has 0 N–H and O–H groups in total. The van der Waals surface area contributed by atoms with Crippen LogP contribution >= 0.6 is 22.6 Å². The van der Waals surface area contributed by atoms with Crippen LogP contribution in [0.1, 0.15) is 0 Å². The van der Waals surface area contributed by atoms with Crippen molar-refractivity contribution in [2.24, 2.45) is 0 Å². The van der Waals surface area contributed by atoms with Crippen molar-refractivity contribution in [2.75, 3.05) is 0 Å². The number of hydrogen-bond acceptors (Lipinski definition) is 1. The van der Waals surface area contributed by atoms with Crippen LogP contribution in [0.4, 0.5) is 4.39 Å². The number of pyridine rings is 1. The minimum atomic E-state index is -0.307. The van der Waals surface area contributed by atoms with Gasteiger partial charge in [-0.2, -0.15) is 0 Å². The summed E-state index contributed by atoms with van der Waals surface area (Å²) in [5.41, 5.74) is 0.829. The van der Waals surface area contributed by atoms with E-state index in [4.69, 9.17) is 0 Å². The Kier molecular flexibility index (Phi) is 1.96. The van der Waals surface area contributed by atoms with Crippen molar-refractivity contribution >= 4 is 33.5 Å². The summed E-state index contributed by atoms with van der Waals surface area (Å²) in [7, 11) is 0. The van der Waals surface area contributed by atoms with Crippen molar-refractivity contribution in [1.29, 1.82) is 0 Å². The molecule has 0 amide bonds. The van der Waals surface area contributed by atoms with Crippen LogP contribution in [0.3, 0.4) is 0 Å². The van der Waals surface area contributed by atoms with Crippen LogP contribution in [0.15, 0.2) is 24.4 Å². The molecule has 0 spiro atoms. The van der Waals surface area contributed by atoms with Crippen molar-refractivity contribution in [1.82, 2.24) is 4.98 Å². The van der Waals surface area contributed by atoms with Gasteiger partial charge in [0.15, 0.2) is 0 Å². The van der Waals surface area contributed by atoms with E-state index in [2.05, 4.69) is 33.6 Å². The van der Waals surface area contributed by atoms with Crippen LogP contribution in [0.5, 0.6) is 0 Å². The van der Waals surface area contributed by atoms with E-state index in [1.165, 1.54) is 12.3 Å². The van der Waals surface area contributed by atoms with Crippen LogP contribution in [0.25, 0.3) is 10.9 Å². The predicted molar refractivity (Wildman–Crippen MR) is 53.3 cm³/mol. The number of benzene rings is 1. The van der Waals surface area contributed by atoms with Gasteiger partial charge in [0.05, 0.1) is 11.7 Å². The first kappa shape index (κ1) is 7.91. The summed E-state index contributed by atoms with van der Waals surface area (Å²) in [6, 6.07) is 7.93. The molecule has 0 saturated heterocycles. The Balaban J connectivity index is 2.86.